The number of likely N-dealkylation sites (tertiary alicyclic amines) is 1. The molecule has 2 aliphatic heterocycles. The predicted molar refractivity (Wildman–Crippen MR) is 87.1 cm³/mol. The number of nitrogens with zero attached hydrogens (tertiary/aromatic N) is 1. The first-order valence-corrected chi connectivity index (χ1v) is 8.46. The van der Waals surface area contributed by atoms with Crippen molar-refractivity contribution in [3.63, 3.8) is 0 Å². The van der Waals surface area contributed by atoms with Crippen molar-refractivity contribution in [2.24, 2.45) is 5.92 Å². The average molecular weight is 323 g/mol. The van der Waals surface area contributed by atoms with Crippen LogP contribution in [0.3, 0.4) is 0 Å². The number of carbonyl (C=O) groups is 1. The molecule has 0 unspecified atom stereocenters. The van der Waals surface area contributed by atoms with Crippen molar-refractivity contribution < 1.29 is 9.90 Å². The molecule has 0 spiro atoms. The van der Waals surface area contributed by atoms with E-state index >= 15 is 0 Å². The maximum Gasteiger partial charge on any atom is 0.166 e. The summed E-state index contributed by atoms with van der Waals surface area (Å²) in [7, 11) is 0. The summed E-state index contributed by atoms with van der Waals surface area (Å²) in [5, 5.41) is 13.8. The lowest BCUT2D eigenvalue weighted by Gasteiger charge is -2.40. The summed E-state index contributed by atoms with van der Waals surface area (Å²) in [6.45, 7) is 2.68. The highest BCUT2D eigenvalue weighted by molar-refractivity contribution is 6.30. The van der Waals surface area contributed by atoms with Crippen molar-refractivity contribution in [2.75, 3.05) is 19.6 Å². The SMILES string of the molecule is O=C(c1ccc(Cl)cc1)[C@H]1CCN[C@H](N2CCC(O)CC2)C1. The van der Waals surface area contributed by atoms with Crippen LogP contribution in [0.1, 0.15) is 36.0 Å². The smallest absolute Gasteiger partial charge is 0.166 e. The lowest BCUT2D eigenvalue weighted by Crippen LogP contribution is -2.54. The Balaban J connectivity index is 1.62. The Morgan fingerprint density at radius 2 is 1.86 bits per heavy atom. The van der Waals surface area contributed by atoms with E-state index in [-0.39, 0.29) is 24.0 Å². The van der Waals surface area contributed by atoms with Crippen LogP contribution in [-0.4, -0.2) is 47.7 Å². The molecule has 2 saturated heterocycles. The Labute approximate surface area is 136 Å². The fourth-order valence-electron chi connectivity index (χ4n) is 3.46. The van der Waals surface area contributed by atoms with E-state index in [9.17, 15) is 9.90 Å². The molecule has 2 heterocycles. The van der Waals surface area contributed by atoms with Crippen molar-refractivity contribution in [3.05, 3.63) is 34.9 Å². The zero-order chi connectivity index (χ0) is 15.5. The van der Waals surface area contributed by atoms with Gasteiger partial charge in [0.2, 0.25) is 0 Å². The van der Waals surface area contributed by atoms with Crippen LogP contribution in [0.25, 0.3) is 0 Å². The van der Waals surface area contributed by atoms with E-state index < -0.39 is 0 Å². The number of piperidine rings is 2. The second kappa shape index (κ2) is 7.09. The molecule has 1 aromatic rings. The van der Waals surface area contributed by atoms with Gasteiger partial charge in [0.25, 0.3) is 0 Å². The van der Waals surface area contributed by atoms with E-state index in [0.29, 0.717) is 5.02 Å². The van der Waals surface area contributed by atoms with Gasteiger partial charge in [0, 0.05) is 29.6 Å². The molecule has 0 aliphatic carbocycles. The second-order valence-corrected chi connectivity index (χ2v) is 6.77. The van der Waals surface area contributed by atoms with Gasteiger partial charge in [-0.15, -0.1) is 0 Å². The molecule has 0 aromatic heterocycles. The number of aliphatic hydroxyl groups is 1. The maximum atomic E-state index is 12.7. The molecule has 3 rings (SSSR count). The van der Waals surface area contributed by atoms with Crippen LogP contribution in [0.2, 0.25) is 5.02 Å². The van der Waals surface area contributed by atoms with Gasteiger partial charge in [0.1, 0.15) is 0 Å². The molecule has 2 aliphatic rings. The molecule has 0 bridgehead atoms. The minimum absolute atomic E-state index is 0.0688. The highest BCUT2D eigenvalue weighted by Gasteiger charge is 2.32. The quantitative estimate of drug-likeness (QED) is 0.839. The first kappa shape index (κ1) is 15.9. The lowest BCUT2D eigenvalue weighted by molar-refractivity contribution is 0.0338. The van der Waals surface area contributed by atoms with E-state index in [1.807, 2.05) is 12.1 Å². The molecule has 0 saturated carbocycles. The van der Waals surface area contributed by atoms with Crippen LogP contribution in [0, 0.1) is 5.92 Å². The minimum Gasteiger partial charge on any atom is -0.393 e. The zero-order valence-corrected chi connectivity index (χ0v) is 13.4. The first-order chi connectivity index (χ1) is 10.6. The third kappa shape index (κ3) is 3.69. The number of nitrogens with one attached hydrogen (secondary N) is 1. The Bertz CT molecular complexity index is 512. The fraction of sp³-hybridized carbons (Fsp3) is 0.588. The molecule has 0 radical (unpaired) electrons. The molecular formula is C17H23ClN2O2. The van der Waals surface area contributed by atoms with Gasteiger partial charge in [-0.05, 0) is 56.5 Å². The summed E-state index contributed by atoms with van der Waals surface area (Å²) in [4.78, 5) is 15.0. The standard InChI is InChI=1S/C17H23ClN2O2/c18-14-3-1-12(2-4-14)17(22)13-5-8-19-16(11-13)20-9-6-15(21)7-10-20/h1-4,13,15-16,19,21H,5-11H2/t13-,16+/m0/s1. The molecule has 5 heteroatoms. The van der Waals surface area contributed by atoms with Gasteiger partial charge in [-0.25, -0.2) is 0 Å². The minimum atomic E-state index is -0.161. The van der Waals surface area contributed by atoms with Crippen LogP contribution in [-0.2, 0) is 0 Å². The zero-order valence-electron chi connectivity index (χ0n) is 12.7. The molecule has 2 atom stereocenters. The number of hydrogen-bond donors (Lipinski definition) is 2. The largest absolute Gasteiger partial charge is 0.393 e. The van der Waals surface area contributed by atoms with E-state index in [1.54, 1.807) is 12.1 Å². The molecule has 22 heavy (non-hydrogen) atoms. The maximum absolute atomic E-state index is 12.7. The normalized spacial score (nSPS) is 27.7. The summed E-state index contributed by atoms with van der Waals surface area (Å²) < 4.78 is 0. The van der Waals surface area contributed by atoms with Crippen LogP contribution < -0.4 is 5.32 Å². The lowest BCUT2D eigenvalue weighted by atomic mass is 9.87. The third-order valence-corrected chi connectivity index (χ3v) is 5.07. The molecule has 0 amide bonds. The van der Waals surface area contributed by atoms with Crippen LogP contribution in [0.5, 0.6) is 0 Å². The fourth-order valence-corrected chi connectivity index (χ4v) is 3.58. The number of carbonyl (C=O) groups excluding carboxylic acids is 1. The number of halogens is 1. The highest BCUT2D eigenvalue weighted by Crippen LogP contribution is 2.25. The summed E-state index contributed by atoms with van der Waals surface area (Å²) in [5.41, 5.74) is 0.754. The second-order valence-electron chi connectivity index (χ2n) is 6.33. The van der Waals surface area contributed by atoms with Crippen molar-refractivity contribution in [2.45, 2.75) is 38.0 Å². The molecule has 120 valence electrons. The van der Waals surface area contributed by atoms with Gasteiger partial charge >= 0.3 is 0 Å². The average Bonchev–Trinajstić information content (AvgIpc) is 2.56. The number of Topliss-reactive ketones (excluding diaryl/α,β-unsaturated/α-hetero) is 1. The van der Waals surface area contributed by atoms with Gasteiger partial charge in [-0.2, -0.15) is 0 Å². The third-order valence-electron chi connectivity index (χ3n) is 4.82. The van der Waals surface area contributed by atoms with E-state index in [0.717, 1.165) is 50.9 Å². The van der Waals surface area contributed by atoms with Crippen molar-refractivity contribution in [1.29, 1.82) is 0 Å². The van der Waals surface area contributed by atoms with Crippen LogP contribution in [0.4, 0.5) is 0 Å². The van der Waals surface area contributed by atoms with E-state index in [4.69, 9.17) is 11.6 Å². The summed E-state index contributed by atoms with van der Waals surface area (Å²) >= 11 is 5.89. The molecule has 2 N–H and O–H groups in total. The Morgan fingerprint density at radius 1 is 1.18 bits per heavy atom. The van der Waals surface area contributed by atoms with Gasteiger partial charge in [-0.3, -0.25) is 9.69 Å². The topological polar surface area (TPSA) is 52.6 Å². The number of aliphatic hydroxyl groups excluding tert-OH is 1. The highest BCUT2D eigenvalue weighted by atomic mass is 35.5. The van der Waals surface area contributed by atoms with Crippen molar-refractivity contribution in [1.82, 2.24) is 10.2 Å². The van der Waals surface area contributed by atoms with Crippen molar-refractivity contribution >= 4 is 17.4 Å². The van der Waals surface area contributed by atoms with Crippen LogP contribution in [0.15, 0.2) is 24.3 Å². The van der Waals surface area contributed by atoms with Gasteiger partial charge in [0.15, 0.2) is 5.78 Å². The Hall–Kier alpha value is -0.940. The van der Waals surface area contributed by atoms with Gasteiger partial charge in [-0.1, -0.05) is 11.6 Å². The Morgan fingerprint density at radius 3 is 2.55 bits per heavy atom. The first-order valence-electron chi connectivity index (χ1n) is 8.09. The monoisotopic (exact) mass is 322 g/mol. The van der Waals surface area contributed by atoms with E-state index in [1.165, 1.54) is 0 Å². The van der Waals surface area contributed by atoms with Crippen molar-refractivity contribution in [3.8, 4) is 0 Å². The Kier molecular flexibility index (Phi) is 5.14. The van der Waals surface area contributed by atoms with Gasteiger partial charge in [0.05, 0.1) is 12.3 Å². The molecule has 1 aromatic carbocycles. The predicted octanol–water partition coefficient (Wildman–Crippen LogP) is 2.31. The molecular weight excluding hydrogens is 300 g/mol. The number of hydrogen-bond acceptors (Lipinski definition) is 4. The molecule has 2 fully saturated rings. The number of rotatable bonds is 3. The van der Waals surface area contributed by atoms with Gasteiger partial charge < -0.3 is 10.4 Å². The van der Waals surface area contributed by atoms with Crippen LogP contribution >= 0.6 is 11.6 Å². The van der Waals surface area contributed by atoms with E-state index in [2.05, 4.69) is 10.2 Å². The summed E-state index contributed by atoms with van der Waals surface area (Å²) in [6, 6.07) is 7.19. The number of ketones is 1. The summed E-state index contributed by atoms with van der Waals surface area (Å²) in [5.74, 6) is 0.291. The summed E-state index contributed by atoms with van der Waals surface area (Å²) in [6.07, 6.45) is 3.47. The molecule has 4 nitrogen and oxygen atoms in total. The number of benzene rings is 1.